The summed E-state index contributed by atoms with van der Waals surface area (Å²) in [5.41, 5.74) is 4.96. The van der Waals surface area contributed by atoms with Crippen LogP contribution < -0.4 is 5.73 Å². The van der Waals surface area contributed by atoms with Crippen LogP contribution in [0.25, 0.3) is 0 Å². The van der Waals surface area contributed by atoms with Crippen molar-refractivity contribution in [1.29, 1.82) is 0 Å². The summed E-state index contributed by atoms with van der Waals surface area (Å²) in [6, 6.07) is -0.0957. The molecule has 0 aromatic rings. The first-order chi connectivity index (χ1) is 10.0. The topological polar surface area (TPSA) is 97.4 Å². The zero-order valence-corrected chi connectivity index (χ0v) is 13.2. The second-order valence-electron chi connectivity index (χ2n) is 5.57. The van der Waals surface area contributed by atoms with Crippen molar-refractivity contribution in [3.63, 3.8) is 0 Å². The van der Waals surface area contributed by atoms with E-state index in [2.05, 4.69) is 5.16 Å². The Bertz CT molecular complexity index is 367. The summed E-state index contributed by atoms with van der Waals surface area (Å²) in [5, 5.41) is 12.2. The molecule has 0 heterocycles. The van der Waals surface area contributed by atoms with E-state index in [4.69, 9.17) is 20.4 Å². The lowest BCUT2D eigenvalue weighted by Gasteiger charge is -2.36. The first-order valence-corrected chi connectivity index (χ1v) is 7.30. The zero-order chi connectivity index (χ0) is 15.9. The number of ether oxygens (including phenoxy) is 2. The van der Waals surface area contributed by atoms with Crippen molar-refractivity contribution in [2.24, 2.45) is 16.3 Å². The first kappa shape index (κ1) is 17.7. The van der Waals surface area contributed by atoms with Crippen LogP contribution in [0, 0.1) is 5.41 Å². The van der Waals surface area contributed by atoms with Gasteiger partial charge in [0.15, 0.2) is 5.84 Å². The molecule has 122 valence electrons. The Balaban J connectivity index is 3.00. The number of methoxy groups -OCH3 is 2. The van der Waals surface area contributed by atoms with Crippen molar-refractivity contribution in [3.8, 4) is 0 Å². The van der Waals surface area contributed by atoms with Crippen molar-refractivity contribution < 1.29 is 19.5 Å². The second kappa shape index (κ2) is 8.19. The maximum Gasteiger partial charge on any atom is 0.236 e. The Labute approximate surface area is 126 Å². The molecule has 1 aliphatic rings. The number of hydrogen-bond acceptors (Lipinski definition) is 5. The molecular formula is C14H27N3O4. The van der Waals surface area contributed by atoms with E-state index < -0.39 is 5.41 Å². The number of rotatable bonds is 8. The van der Waals surface area contributed by atoms with Gasteiger partial charge in [-0.05, 0) is 19.8 Å². The predicted molar refractivity (Wildman–Crippen MR) is 79.2 cm³/mol. The van der Waals surface area contributed by atoms with Crippen LogP contribution in [0.3, 0.4) is 0 Å². The van der Waals surface area contributed by atoms with Gasteiger partial charge in [-0.15, -0.1) is 0 Å². The van der Waals surface area contributed by atoms with Crippen LogP contribution in [0.5, 0.6) is 0 Å². The number of hydrogen-bond donors (Lipinski definition) is 2. The van der Waals surface area contributed by atoms with Crippen LogP contribution in [0.15, 0.2) is 5.16 Å². The average Bonchev–Trinajstić information content (AvgIpc) is 2.97. The maximum absolute atomic E-state index is 13.0. The number of amidine groups is 1. The molecule has 1 atom stereocenters. The molecule has 1 aliphatic carbocycles. The lowest BCUT2D eigenvalue weighted by molar-refractivity contribution is -0.142. The van der Waals surface area contributed by atoms with Gasteiger partial charge in [0.2, 0.25) is 5.91 Å². The van der Waals surface area contributed by atoms with Crippen LogP contribution in [0.2, 0.25) is 0 Å². The van der Waals surface area contributed by atoms with Gasteiger partial charge in [-0.1, -0.05) is 18.0 Å². The normalized spacial score (nSPS) is 19.5. The molecule has 1 unspecified atom stereocenters. The Morgan fingerprint density at radius 2 is 2.00 bits per heavy atom. The Kier molecular flexibility index (Phi) is 6.91. The number of nitrogens with zero attached hydrogens (tertiary/aromatic N) is 2. The standard InChI is InChI=1S/C14H27N3O4/c1-11(10-21-3)17(8-9-20-2)13(18)14(12(15)16-19)6-4-5-7-14/h11,19H,4-10H2,1-3H3,(H2,15,16). The fourth-order valence-corrected chi connectivity index (χ4v) is 2.97. The maximum atomic E-state index is 13.0. The minimum atomic E-state index is -0.884. The molecule has 0 bridgehead atoms. The van der Waals surface area contributed by atoms with Crippen LogP contribution in [0.4, 0.5) is 0 Å². The molecule has 7 heteroatoms. The van der Waals surface area contributed by atoms with Crippen LogP contribution in [0.1, 0.15) is 32.6 Å². The van der Waals surface area contributed by atoms with Gasteiger partial charge < -0.3 is 25.3 Å². The van der Waals surface area contributed by atoms with E-state index in [0.29, 0.717) is 32.6 Å². The van der Waals surface area contributed by atoms with E-state index in [-0.39, 0.29) is 17.8 Å². The summed E-state index contributed by atoms with van der Waals surface area (Å²) >= 11 is 0. The second-order valence-corrected chi connectivity index (χ2v) is 5.57. The van der Waals surface area contributed by atoms with E-state index in [9.17, 15) is 4.79 Å². The third-order valence-corrected chi connectivity index (χ3v) is 4.20. The lowest BCUT2D eigenvalue weighted by Crippen LogP contribution is -2.54. The summed E-state index contributed by atoms with van der Waals surface area (Å²) in [7, 11) is 3.20. The highest BCUT2D eigenvalue weighted by atomic mass is 16.5. The predicted octanol–water partition coefficient (Wildman–Crippen LogP) is 0.803. The molecule has 0 aromatic carbocycles. The van der Waals surface area contributed by atoms with Gasteiger partial charge in [0.1, 0.15) is 5.41 Å². The lowest BCUT2D eigenvalue weighted by atomic mass is 9.82. The van der Waals surface area contributed by atoms with Gasteiger partial charge in [-0.3, -0.25) is 4.79 Å². The highest BCUT2D eigenvalue weighted by molar-refractivity contribution is 6.07. The molecule has 0 radical (unpaired) electrons. The smallest absolute Gasteiger partial charge is 0.236 e. The van der Waals surface area contributed by atoms with Crippen molar-refractivity contribution >= 4 is 11.7 Å². The van der Waals surface area contributed by atoms with Crippen LogP contribution >= 0.6 is 0 Å². The molecule has 21 heavy (non-hydrogen) atoms. The largest absolute Gasteiger partial charge is 0.409 e. The molecule has 0 saturated heterocycles. The number of nitrogens with two attached hydrogens (primary N) is 1. The molecule has 3 N–H and O–H groups in total. The van der Waals surface area contributed by atoms with Crippen molar-refractivity contribution in [3.05, 3.63) is 0 Å². The molecular weight excluding hydrogens is 274 g/mol. The van der Waals surface area contributed by atoms with Crippen molar-refractivity contribution in [2.75, 3.05) is 34.0 Å². The summed E-state index contributed by atoms with van der Waals surface area (Å²) < 4.78 is 10.2. The number of carbonyl (C=O) groups is 1. The van der Waals surface area contributed by atoms with E-state index in [1.54, 1.807) is 19.1 Å². The van der Waals surface area contributed by atoms with Crippen LogP contribution in [-0.4, -0.2) is 61.9 Å². The van der Waals surface area contributed by atoms with Crippen molar-refractivity contribution in [2.45, 2.75) is 38.6 Å². The first-order valence-electron chi connectivity index (χ1n) is 7.30. The molecule has 1 fully saturated rings. The van der Waals surface area contributed by atoms with E-state index in [1.807, 2.05) is 6.92 Å². The minimum absolute atomic E-state index is 0.0111. The molecule has 7 nitrogen and oxygen atoms in total. The molecule has 0 spiro atoms. The van der Waals surface area contributed by atoms with Crippen molar-refractivity contribution in [1.82, 2.24) is 4.90 Å². The summed E-state index contributed by atoms with van der Waals surface area (Å²) in [6.45, 7) is 3.25. The molecule has 1 amide bonds. The fourth-order valence-electron chi connectivity index (χ4n) is 2.97. The minimum Gasteiger partial charge on any atom is -0.409 e. The van der Waals surface area contributed by atoms with Gasteiger partial charge in [0, 0.05) is 20.8 Å². The monoisotopic (exact) mass is 301 g/mol. The molecule has 0 aromatic heterocycles. The third-order valence-electron chi connectivity index (χ3n) is 4.20. The third kappa shape index (κ3) is 3.85. The number of oxime groups is 1. The average molecular weight is 301 g/mol. The van der Waals surface area contributed by atoms with Gasteiger partial charge >= 0.3 is 0 Å². The Morgan fingerprint density at radius 3 is 2.48 bits per heavy atom. The summed E-state index contributed by atoms with van der Waals surface area (Å²) in [4.78, 5) is 14.8. The Hall–Kier alpha value is -1.34. The zero-order valence-electron chi connectivity index (χ0n) is 13.2. The Morgan fingerprint density at radius 1 is 1.38 bits per heavy atom. The van der Waals surface area contributed by atoms with Crippen LogP contribution in [-0.2, 0) is 14.3 Å². The number of amides is 1. The molecule has 1 saturated carbocycles. The van der Waals surface area contributed by atoms with Gasteiger partial charge in [0.05, 0.1) is 19.3 Å². The fraction of sp³-hybridized carbons (Fsp3) is 0.857. The number of carbonyl (C=O) groups excluding carboxylic acids is 1. The SMILES string of the molecule is COCCN(C(=O)C1(C(N)=NO)CCCC1)C(C)COC. The van der Waals surface area contributed by atoms with Gasteiger partial charge in [0.25, 0.3) is 0 Å². The van der Waals surface area contributed by atoms with E-state index >= 15 is 0 Å². The van der Waals surface area contributed by atoms with E-state index in [0.717, 1.165) is 12.8 Å². The highest BCUT2D eigenvalue weighted by Gasteiger charge is 2.48. The van der Waals surface area contributed by atoms with Gasteiger partial charge in [-0.2, -0.15) is 0 Å². The molecule has 1 rings (SSSR count). The summed E-state index contributed by atoms with van der Waals surface area (Å²) in [6.07, 6.45) is 3.04. The van der Waals surface area contributed by atoms with E-state index in [1.165, 1.54) is 0 Å². The quantitative estimate of drug-likeness (QED) is 0.299. The van der Waals surface area contributed by atoms with Gasteiger partial charge in [-0.25, -0.2) is 0 Å². The molecule has 0 aliphatic heterocycles. The highest BCUT2D eigenvalue weighted by Crippen LogP contribution is 2.40. The summed E-state index contributed by atoms with van der Waals surface area (Å²) in [5.74, 6) is -0.0890.